The van der Waals surface area contributed by atoms with Crippen molar-refractivity contribution in [3.05, 3.63) is 47.8 Å². The Kier molecular flexibility index (Phi) is 4.86. The van der Waals surface area contributed by atoms with Crippen LogP contribution < -0.4 is 10.2 Å². The maximum absolute atomic E-state index is 12.7. The lowest BCUT2D eigenvalue weighted by Gasteiger charge is -2.17. The molecule has 0 radical (unpaired) electrons. The molecule has 0 spiro atoms. The first kappa shape index (κ1) is 15.5. The molecule has 2 aromatic rings. The molecule has 23 heavy (non-hydrogen) atoms. The van der Waals surface area contributed by atoms with Crippen LogP contribution in [0.25, 0.3) is 0 Å². The highest BCUT2D eigenvalue weighted by molar-refractivity contribution is 6.06. The minimum absolute atomic E-state index is 0.0611. The second-order valence-corrected chi connectivity index (χ2v) is 5.73. The quantitative estimate of drug-likeness (QED) is 0.832. The van der Waals surface area contributed by atoms with E-state index in [2.05, 4.69) is 28.3 Å². The molecule has 120 valence electrons. The van der Waals surface area contributed by atoms with Crippen molar-refractivity contribution >= 4 is 17.5 Å². The number of benzene rings is 1. The average molecular weight is 310 g/mol. The maximum Gasteiger partial charge on any atom is 0.277 e. The zero-order chi connectivity index (χ0) is 16.1. The monoisotopic (exact) mass is 310 g/mol. The predicted octanol–water partition coefficient (Wildman–Crippen LogP) is 3.28. The third-order valence-electron chi connectivity index (χ3n) is 4.07. The van der Waals surface area contributed by atoms with Crippen LogP contribution in [0.5, 0.6) is 0 Å². The van der Waals surface area contributed by atoms with Crippen LogP contribution in [-0.4, -0.2) is 29.0 Å². The van der Waals surface area contributed by atoms with Crippen LogP contribution in [0.1, 0.15) is 42.2 Å². The van der Waals surface area contributed by atoms with E-state index in [1.807, 2.05) is 18.2 Å². The van der Waals surface area contributed by atoms with Gasteiger partial charge in [-0.15, -0.1) is 0 Å². The topological polar surface area (TPSA) is 58.1 Å². The van der Waals surface area contributed by atoms with Gasteiger partial charge in [-0.3, -0.25) is 4.79 Å². The molecule has 5 heteroatoms. The van der Waals surface area contributed by atoms with Gasteiger partial charge in [0.15, 0.2) is 0 Å². The molecule has 1 N–H and O–H groups in total. The van der Waals surface area contributed by atoms with Crippen LogP contribution in [0.4, 0.5) is 11.6 Å². The van der Waals surface area contributed by atoms with E-state index >= 15 is 0 Å². The van der Waals surface area contributed by atoms with Crippen LogP contribution in [0, 0.1) is 0 Å². The number of carbonyl (C=O) groups excluding carboxylic acids is 1. The molecule has 0 fully saturated rings. The van der Waals surface area contributed by atoms with Gasteiger partial charge in [0, 0.05) is 25.0 Å². The SMILES string of the molecule is CCCCCNc1nccc(C(=O)N2CCc3ccccc32)n1. The summed E-state index contributed by atoms with van der Waals surface area (Å²) in [5, 5.41) is 3.19. The van der Waals surface area contributed by atoms with E-state index in [-0.39, 0.29) is 5.91 Å². The lowest BCUT2D eigenvalue weighted by Crippen LogP contribution is -2.29. The van der Waals surface area contributed by atoms with Gasteiger partial charge in [-0.1, -0.05) is 38.0 Å². The number of unbranched alkanes of at least 4 members (excludes halogenated alkanes) is 2. The van der Waals surface area contributed by atoms with Crippen LogP contribution in [0.2, 0.25) is 0 Å². The van der Waals surface area contributed by atoms with Crippen molar-refractivity contribution in [1.29, 1.82) is 0 Å². The first-order valence-electron chi connectivity index (χ1n) is 8.26. The van der Waals surface area contributed by atoms with Gasteiger partial charge in [-0.05, 0) is 30.5 Å². The molecule has 1 aromatic heterocycles. The number of para-hydroxylation sites is 1. The fourth-order valence-electron chi connectivity index (χ4n) is 2.83. The molecule has 5 nitrogen and oxygen atoms in total. The first-order chi connectivity index (χ1) is 11.3. The normalized spacial score (nSPS) is 13.0. The van der Waals surface area contributed by atoms with Gasteiger partial charge in [0.2, 0.25) is 5.95 Å². The van der Waals surface area contributed by atoms with E-state index in [9.17, 15) is 4.79 Å². The lowest BCUT2D eigenvalue weighted by molar-refractivity contribution is 0.0984. The van der Waals surface area contributed by atoms with Gasteiger partial charge >= 0.3 is 0 Å². The van der Waals surface area contributed by atoms with Crippen molar-refractivity contribution in [3.63, 3.8) is 0 Å². The summed E-state index contributed by atoms with van der Waals surface area (Å²) in [6.07, 6.45) is 5.97. The second kappa shape index (κ2) is 7.22. The van der Waals surface area contributed by atoms with E-state index in [1.165, 1.54) is 18.4 Å². The molecular formula is C18H22N4O. The van der Waals surface area contributed by atoms with Crippen LogP contribution in [-0.2, 0) is 6.42 Å². The summed E-state index contributed by atoms with van der Waals surface area (Å²) in [4.78, 5) is 23.1. The Balaban J connectivity index is 1.71. The highest BCUT2D eigenvalue weighted by Crippen LogP contribution is 2.28. The predicted molar refractivity (Wildman–Crippen MR) is 91.9 cm³/mol. The summed E-state index contributed by atoms with van der Waals surface area (Å²) in [7, 11) is 0. The van der Waals surface area contributed by atoms with Crippen LogP contribution >= 0.6 is 0 Å². The summed E-state index contributed by atoms with van der Waals surface area (Å²) in [6.45, 7) is 3.71. The molecule has 0 unspecified atom stereocenters. The average Bonchev–Trinajstić information content (AvgIpc) is 3.02. The minimum Gasteiger partial charge on any atom is -0.354 e. The van der Waals surface area contributed by atoms with Crippen molar-refractivity contribution < 1.29 is 4.79 Å². The minimum atomic E-state index is -0.0611. The molecule has 1 aliphatic rings. The number of hydrogen-bond donors (Lipinski definition) is 1. The van der Waals surface area contributed by atoms with Crippen LogP contribution in [0.15, 0.2) is 36.5 Å². The third-order valence-corrected chi connectivity index (χ3v) is 4.07. The summed E-state index contributed by atoms with van der Waals surface area (Å²) < 4.78 is 0. The second-order valence-electron chi connectivity index (χ2n) is 5.73. The molecule has 0 atom stereocenters. The number of amides is 1. The number of hydrogen-bond acceptors (Lipinski definition) is 4. The number of nitrogens with one attached hydrogen (secondary N) is 1. The summed E-state index contributed by atoms with van der Waals surface area (Å²) in [6, 6.07) is 9.72. The van der Waals surface area contributed by atoms with Gasteiger partial charge < -0.3 is 10.2 Å². The fourth-order valence-corrected chi connectivity index (χ4v) is 2.83. The van der Waals surface area contributed by atoms with Crippen molar-refractivity contribution in [2.24, 2.45) is 0 Å². The molecule has 0 saturated carbocycles. The third kappa shape index (κ3) is 3.50. The lowest BCUT2D eigenvalue weighted by atomic mass is 10.2. The molecule has 3 rings (SSSR count). The Morgan fingerprint density at radius 3 is 3.00 bits per heavy atom. The van der Waals surface area contributed by atoms with Gasteiger partial charge in [-0.25, -0.2) is 9.97 Å². The van der Waals surface area contributed by atoms with Crippen molar-refractivity contribution in [3.8, 4) is 0 Å². The maximum atomic E-state index is 12.7. The Morgan fingerprint density at radius 2 is 2.13 bits per heavy atom. The first-order valence-corrected chi connectivity index (χ1v) is 8.26. The fraction of sp³-hybridized carbons (Fsp3) is 0.389. The standard InChI is InChI=1S/C18H22N4O/c1-2-3-6-11-19-18-20-12-9-15(21-18)17(23)22-13-10-14-7-4-5-8-16(14)22/h4-5,7-9,12H,2-3,6,10-11,13H2,1H3,(H,19,20,21). The smallest absolute Gasteiger partial charge is 0.277 e. The van der Waals surface area contributed by atoms with Gasteiger partial charge in [0.25, 0.3) is 5.91 Å². The number of anilines is 2. The highest BCUT2D eigenvalue weighted by atomic mass is 16.2. The van der Waals surface area contributed by atoms with E-state index < -0.39 is 0 Å². The number of nitrogens with zero attached hydrogens (tertiary/aromatic N) is 3. The van der Waals surface area contributed by atoms with E-state index in [4.69, 9.17) is 0 Å². The summed E-state index contributed by atoms with van der Waals surface area (Å²) in [5.74, 6) is 0.466. The Hall–Kier alpha value is -2.43. The molecular weight excluding hydrogens is 288 g/mol. The van der Waals surface area contributed by atoms with Crippen molar-refractivity contribution in [2.75, 3.05) is 23.3 Å². The van der Waals surface area contributed by atoms with Crippen molar-refractivity contribution in [2.45, 2.75) is 32.6 Å². The Labute approximate surface area is 136 Å². The Morgan fingerprint density at radius 1 is 1.26 bits per heavy atom. The van der Waals surface area contributed by atoms with E-state index in [1.54, 1.807) is 17.2 Å². The molecule has 1 aliphatic heterocycles. The highest BCUT2D eigenvalue weighted by Gasteiger charge is 2.26. The zero-order valence-corrected chi connectivity index (χ0v) is 13.5. The molecule has 1 amide bonds. The Bertz CT molecular complexity index is 686. The number of carbonyl (C=O) groups is 1. The van der Waals surface area contributed by atoms with Gasteiger partial charge in [0.1, 0.15) is 5.69 Å². The zero-order valence-electron chi connectivity index (χ0n) is 13.5. The van der Waals surface area contributed by atoms with Crippen molar-refractivity contribution in [1.82, 2.24) is 9.97 Å². The molecule has 2 heterocycles. The van der Waals surface area contributed by atoms with Gasteiger partial charge in [0.05, 0.1) is 0 Å². The number of rotatable bonds is 6. The molecule has 0 saturated heterocycles. The molecule has 0 aliphatic carbocycles. The van der Waals surface area contributed by atoms with Crippen LogP contribution in [0.3, 0.4) is 0 Å². The summed E-state index contributed by atoms with van der Waals surface area (Å²) >= 11 is 0. The number of fused-ring (bicyclic) bond motifs is 1. The van der Waals surface area contributed by atoms with E-state index in [0.29, 0.717) is 18.2 Å². The molecule has 0 bridgehead atoms. The molecule has 1 aromatic carbocycles. The van der Waals surface area contributed by atoms with Gasteiger partial charge in [-0.2, -0.15) is 0 Å². The largest absolute Gasteiger partial charge is 0.354 e. The number of aromatic nitrogens is 2. The summed E-state index contributed by atoms with van der Waals surface area (Å²) in [5.41, 5.74) is 2.65. The van der Waals surface area contributed by atoms with E-state index in [0.717, 1.165) is 25.1 Å².